The monoisotopic (exact) mass is 317 g/mol. The number of aliphatic carboxylic acids is 2. The number of rotatable bonds is 5. The number of H-pyrrole nitrogens is 1. The van der Waals surface area contributed by atoms with Crippen LogP contribution in [-0.4, -0.2) is 33.7 Å². The van der Waals surface area contributed by atoms with Gasteiger partial charge >= 0.3 is 11.9 Å². The van der Waals surface area contributed by atoms with Crippen molar-refractivity contribution in [3.05, 3.63) is 35.5 Å². The molecule has 0 amide bonds. The average Bonchev–Trinajstić information content (AvgIpc) is 2.87. The molecule has 1 aromatic carbocycles. The SMILES string of the molecule is CC1(C(CCC(=O)O)C(=O)O)OCCc2c1[nH]c1ccccc21. The van der Waals surface area contributed by atoms with Gasteiger partial charge in [0.15, 0.2) is 0 Å². The van der Waals surface area contributed by atoms with Crippen molar-refractivity contribution < 1.29 is 24.5 Å². The Hall–Kier alpha value is -2.34. The molecule has 122 valence electrons. The minimum Gasteiger partial charge on any atom is -0.481 e. The number of nitrogens with one attached hydrogen (secondary N) is 1. The number of hydrogen-bond acceptors (Lipinski definition) is 3. The molecule has 6 heteroatoms. The topological polar surface area (TPSA) is 99.6 Å². The van der Waals surface area contributed by atoms with Crippen LogP contribution in [0.25, 0.3) is 10.9 Å². The van der Waals surface area contributed by atoms with Gasteiger partial charge in [-0.05, 0) is 31.4 Å². The summed E-state index contributed by atoms with van der Waals surface area (Å²) in [5, 5.41) is 19.6. The standard InChI is InChI=1S/C17H19NO5/c1-17(12(16(21)22)6-7-14(19)20)15-11(8-9-23-17)10-4-2-3-5-13(10)18-15/h2-5,12,18H,6-9H2,1H3,(H,19,20)(H,21,22). The van der Waals surface area contributed by atoms with Gasteiger partial charge in [-0.15, -0.1) is 0 Å². The van der Waals surface area contributed by atoms with E-state index in [2.05, 4.69) is 4.98 Å². The molecule has 0 aliphatic carbocycles. The third kappa shape index (κ3) is 2.59. The number of aromatic amines is 1. The van der Waals surface area contributed by atoms with Crippen LogP contribution in [0.1, 0.15) is 31.0 Å². The Balaban J connectivity index is 2.08. The summed E-state index contributed by atoms with van der Waals surface area (Å²) in [6.45, 7) is 2.16. The second-order valence-corrected chi connectivity index (χ2v) is 6.05. The molecule has 3 N–H and O–H groups in total. The number of aromatic nitrogens is 1. The van der Waals surface area contributed by atoms with Crippen LogP contribution in [0.3, 0.4) is 0 Å². The maximum absolute atomic E-state index is 11.8. The highest BCUT2D eigenvalue weighted by molar-refractivity contribution is 5.86. The fraction of sp³-hybridized carbons (Fsp3) is 0.412. The van der Waals surface area contributed by atoms with Gasteiger partial charge in [0.05, 0.1) is 18.2 Å². The molecule has 0 bridgehead atoms. The lowest BCUT2D eigenvalue weighted by atomic mass is 9.79. The van der Waals surface area contributed by atoms with Crippen LogP contribution in [-0.2, 0) is 26.3 Å². The van der Waals surface area contributed by atoms with E-state index < -0.39 is 23.5 Å². The molecule has 1 aromatic heterocycles. The highest BCUT2D eigenvalue weighted by Gasteiger charge is 2.46. The molecule has 1 aliphatic rings. The molecule has 0 spiro atoms. The zero-order chi connectivity index (χ0) is 16.6. The molecule has 2 heterocycles. The van der Waals surface area contributed by atoms with Gasteiger partial charge in [0.25, 0.3) is 0 Å². The maximum Gasteiger partial charge on any atom is 0.309 e. The molecule has 0 saturated carbocycles. The first-order valence-electron chi connectivity index (χ1n) is 7.62. The van der Waals surface area contributed by atoms with Crippen molar-refractivity contribution in [1.29, 1.82) is 0 Å². The van der Waals surface area contributed by atoms with Gasteiger partial charge < -0.3 is 19.9 Å². The summed E-state index contributed by atoms with van der Waals surface area (Å²) < 4.78 is 5.87. The fourth-order valence-electron chi connectivity index (χ4n) is 3.50. The predicted molar refractivity (Wildman–Crippen MR) is 83.3 cm³/mol. The fourth-order valence-corrected chi connectivity index (χ4v) is 3.50. The Labute approximate surface area is 133 Å². The molecule has 1 aliphatic heterocycles. The number of para-hydroxylation sites is 1. The second kappa shape index (κ2) is 5.70. The molecule has 2 aromatic rings. The lowest BCUT2D eigenvalue weighted by Gasteiger charge is -2.38. The molecular weight excluding hydrogens is 298 g/mol. The van der Waals surface area contributed by atoms with Crippen molar-refractivity contribution in [2.45, 2.75) is 31.8 Å². The van der Waals surface area contributed by atoms with Gasteiger partial charge in [0.2, 0.25) is 0 Å². The van der Waals surface area contributed by atoms with Crippen molar-refractivity contribution in [3.63, 3.8) is 0 Å². The minimum atomic E-state index is -1.06. The van der Waals surface area contributed by atoms with E-state index in [0.29, 0.717) is 13.0 Å². The van der Waals surface area contributed by atoms with Crippen LogP contribution < -0.4 is 0 Å². The summed E-state index contributed by atoms with van der Waals surface area (Å²) in [7, 11) is 0. The first-order chi connectivity index (χ1) is 10.9. The van der Waals surface area contributed by atoms with Crippen LogP contribution in [0.5, 0.6) is 0 Å². The van der Waals surface area contributed by atoms with E-state index in [9.17, 15) is 14.7 Å². The summed E-state index contributed by atoms with van der Waals surface area (Å²) in [5.41, 5.74) is 1.70. The summed E-state index contributed by atoms with van der Waals surface area (Å²) >= 11 is 0. The van der Waals surface area contributed by atoms with Gasteiger partial charge in [-0.1, -0.05) is 18.2 Å². The van der Waals surface area contributed by atoms with Crippen LogP contribution >= 0.6 is 0 Å². The number of carboxylic acid groups (broad SMARTS) is 2. The number of benzene rings is 1. The van der Waals surface area contributed by atoms with Crippen molar-refractivity contribution in [3.8, 4) is 0 Å². The molecule has 0 radical (unpaired) electrons. The van der Waals surface area contributed by atoms with Crippen LogP contribution in [0.4, 0.5) is 0 Å². The van der Waals surface area contributed by atoms with Crippen LogP contribution in [0, 0.1) is 5.92 Å². The normalized spacial score (nSPS) is 21.8. The zero-order valence-corrected chi connectivity index (χ0v) is 12.8. The summed E-state index contributed by atoms with van der Waals surface area (Å²) in [5.74, 6) is -2.97. The smallest absolute Gasteiger partial charge is 0.309 e. The van der Waals surface area contributed by atoms with Gasteiger partial charge in [-0.3, -0.25) is 9.59 Å². The largest absolute Gasteiger partial charge is 0.481 e. The van der Waals surface area contributed by atoms with Crippen molar-refractivity contribution in [2.24, 2.45) is 5.92 Å². The van der Waals surface area contributed by atoms with E-state index in [-0.39, 0.29) is 12.8 Å². The van der Waals surface area contributed by atoms with Crippen molar-refractivity contribution >= 4 is 22.8 Å². The Bertz CT molecular complexity index is 765. The molecule has 0 saturated heterocycles. The Kier molecular flexibility index (Phi) is 3.85. The van der Waals surface area contributed by atoms with Crippen molar-refractivity contribution in [2.75, 3.05) is 6.61 Å². The predicted octanol–water partition coefficient (Wildman–Crippen LogP) is 2.52. The average molecular weight is 317 g/mol. The van der Waals surface area contributed by atoms with E-state index in [1.54, 1.807) is 6.92 Å². The van der Waals surface area contributed by atoms with E-state index in [1.807, 2.05) is 24.3 Å². The number of fused-ring (bicyclic) bond motifs is 3. The first kappa shape index (κ1) is 15.6. The molecular formula is C17H19NO5. The molecule has 3 rings (SSSR count). The minimum absolute atomic E-state index is 0.0238. The van der Waals surface area contributed by atoms with E-state index >= 15 is 0 Å². The summed E-state index contributed by atoms with van der Waals surface area (Å²) in [6, 6.07) is 7.81. The summed E-state index contributed by atoms with van der Waals surface area (Å²) in [4.78, 5) is 25.9. The molecule has 2 atom stereocenters. The number of ether oxygens (including phenoxy) is 1. The third-order valence-corrected chi connectivity index (χ3v) is 4.67. The molecule has 23 heavy (non-hydrogen) atoms. The number of carbonyl (C=O) groups is 2. The highest BCUT2D eigenvalue weighted by Crippen LogP contribution is 2.43. The Morgan fingerprint density at radius 3 is 2.78 bits per heavy atom. The molecule has 6 nitrogen and oxygen atoms in total. The number of carboxylic acids is 2. The zero-order valence-electron chi connectivity index (χ0n) is 12.8. The quantitative estimate of drug-likeness (QED) is 0.787. The van der Waals surface area contributed by atoms with Crippen LogP contribution in [0.15, 0.2) is 24.3 Å². The maximum atomic E-state index is 11.8. The first-order valence-corrected chi connectivity index (χ1v) is 7.62. The van der Waals surface area contributed by atoms with Gasteiger partial charge in [0, 0.05) is 17.3 Å². The van der Waals surface area contributed by atoms with Gasteiger partial charge in [0.1, 0.15) is 5.60 Å². The van der Waals surface area contributed by atoms with E-state index in [4.69, 9.17) is 9.84 Å². The van der Waals surface area contributed by atoms with E-state index in [0.717, 1.165) is 22.2 Å². The summed E-state index contributed by atoms with van der Waals surface area (Å²) in [6.07, 6.45) is 0.529. The van der Waals surface area contributed by atoms with Crippen LogP contribution in [0.2, 0.25) is 0 Å². The lowest BCUT2D eigenvalue weighted by molar-refractivity contribution is -0.161. The second-order valence-electron chi connectivity index (χ2n) is 6.05. The highest BCUT2D eigenvalue weighted by atomic mass is 16.5. The number of hydrogen-bond donors (Lipinski definition) is 3. The van der Waals surface area contributed by atoms with Gasteiger partial charge in [-0.2, -0.15) is 0 Å². The van der Waals surface area contributed by atoms with E-state index in [1.165, 1.54) is 0 Å². The Morgan fingerprint density at radius 2 is 2.09 bits per heavy atom. The molecule has 0 fully saturated rings. The van der Waals surface area contributed by atoms with Crippen molar-refractivity contribution in [1.82, 2.24) is 4.98 Å². The molecule has 2 unspecified atom stereocenters. The third-order valence-electron chi connectivity index (χ3n) is 4.67. The Morgan fingerprint density at radius 1 is 1.35 bits per heavy atom. The lowest BCUT2D eigenvalue weighted by Crippen LogP contribution is -2.43. The van der Waals surface area contributed by atoms with Gasteiger partial charge in [-0.25, -0.2) is 0 Å².